The van der Waals surface area contributed by atoms with Crippen LogP contribution in [-0.4, -0.2) is 34.6 Å². The number of hydrogen-bond donors (Lipinski definition) is 2. The zero-order valence-electron chi connectivity index (χ0n) is 11.8. The molecule has 2 rings (SSSR count). The second kappa shape index (κ2) is 7.11. The second-order valence-electron chi connectivity index (χ2n) is 4.76. The van der Waals surface area contributed by atoms with Crippen molar-refractivity contribution in [3.63, 3.8) is 0 Å². The molecule has 0 radical (unpaired) electrons. The maximum Gasteiger partial charge on any atom is 0.323 e. The number of ether oxygens (including phenoxy) is 1. The molecule has 1 aliphatic rings. The van der Waals surface area contributed by atoms with Gasteiger partial charge in [0.15, 0.2) is 0 Å². The summed E-state index contributed by atoms with van der Waals surface area (Å²) in [5, 5.41) is 6.39. The van der Waals surface area contributed by atoms with Gasteiger partial charge in [-0.05, 0) is 32.6 Å². The molecule has 19 heavy (non-hydrogen) atoms. The Morgan fingerprint density at radius 2 is 1.74 bits per heavy atom. The van der Waals surface area contributed by atoms with E-state index in [1.165, 1.54) is 25.7 Å². The lowest BCUT2D eigenvalue weighted by Gasteiger charge is -2.12. The maximum atomic E-state index is 5.36. The van der Waals surface area contributed by atoms with Gasteiger partial charge in [-0.3, -0.25) is 0 Å². The molecule has 0 atom stereocenters. The highest BCUT2D eigenvalue weighted by Gasteiger charge is 2.15. The van der Waals surface area contributed by atoms with Crippen molar-refractivity contribution in [3.8, 4) is 6.01 Å². The van der Waals surface area contributed by atoms with Crippen molar-refractivity contribution in [2.75, 3.05) is 30.3 Å². The number of anilines is 2. The predicted octanol–water partition coefficient (Wildman–Crippen LogP) is 2.30. The van der Waals surface area contributed by atoms with Crippen LogP contribution in [-0.2, 0) is 0 Å². The third-order valence-electron chi connectivity index (χ3n) is 3.25. The van der Waals surface area contributed by atoms with Crippen molar-refractivity contribution in [1.82, 2.24) is 15.0 Å². The molecule has 0 spiro atoms. The first-order valence-electron chi connectivity index (χ1n) is 7.18. The zero-order chi connectivity index (χ0) is 13.5. The van der Waals surface area contributed by atoms with Crippen LogP contribution in [0.15, 0.2) is 0 Å². The van der Waals surface area contributed by atoms with E-state index in [9.17, 15) is 0 Å². The van der Waals surface area contributed by atoms with Crippen LogP contribution in [0.25, 0.3) is 0 Å². The van der Waals surface area contributed by atoms with Crippen LogP contribution in [0.1, 0.15) is 39.5 Å². The summed E-state index contributed by atoms with van der Waals surface area (Å²) in [5.74, 6) is 1.91. The average molecular weight is 265 g/mol. The lowest BCUT2D eigenvalue weighted by Crippen LogP contribution is -2.15. The molecular weight excluding hydrogens is 242 g/mol. The Morgan fingerprint density at radius 1 is 1.05 bits per heavy atom. The maximum absolute atomic E-state index is 5.36. The SMILES string of the molecule is CCNc1nc(NCC2CCCC2)nc(OCC)n1. The predicted molar refractivity (Wildman–Crippen MR) is 75.6 cm³/mol. The molecule has 1 aliphatic carbocycles. The van der Waals surface area contributed by atoms with E-state index in [1.807, 2.05) is 13.8 Å². The first kappa shape index (κ1) is 13.8. The van der Waals surface area contributed by atoms with Gasteiger partial charge < -0.3 is 15.4 Å². The van der Waals surface area contributed by atoms with Gasteiger partial charge in [0.25, 0.3) is 0 Å². The molecule has 0 saturated heterocycles. The van der Waals surface area contributed by atoms with Gasteiger partial charge in [0.1, 0.15) is 0 Å². The molecule has 1 aromatic rings. The normalized spacial score (nSPS) is 15.5. The summed E-state index contributed by atoms with van der Waals surface area (Å²) < 4.78 is 5.36. The Hall–Kier alpha value is -1.59. The van der Waals surface area contributed by atoms with Gasteiger partial charge in [0.2, 0.25) is 11.9 Å². The Bertz CT molecular complexity index is 368. The summed E-state index contributed by atoms with van der Waals surface area (Å²) in [7, 11) is 0. The van der Waals surface area contributed by atoms with E-state index in [0.29, 0.717) is 24.5 Å². The van der Waals surface area contributed by atoms with Gasteiger partial charge in [0, 0.05) is 13.1 Å². The molecule has 0 aromatic carbocycles. The zero-order valence-corrected chi connectivity index (χ0v) is 11.8. The molecule has 0 amide bonds. The molecule has 106 valence electrons. The fraction of sp³-hybridized carbons (Fsp3) is 0.769. The Morgan fingerprint density at radius 3 is 2.37 bits per heavy atom. The molecule has 6 nitrogen and oxygen atoms in total. The minimum atomic E-state index is 0.377. The molecule has 0 bridgehead atoms. The average Bonchev–Trinajstić information content (AvgIpc) is 2.90. The van der Waals surface area contributed by atoms with Gasteiger partial charge in [0.05, 0.1) is 6.61 Å². The smallest absolute Gasteiger partial charge is 0.323 e. The first-order chi connectivity index (χ1) is 9.31. The summed E-state index contributed by atoms with van der Waals surface area (Å²) in [6.07, 6.45) is 5.29. The van der Waals surface area contributed by atoms with Crippen molar-refractivity contribution in [2.45, 2.75) is 39.5 Å². The van der Waals surface area contributed by atoms with Crippen molar-refractivity contribution in [3.05, 3.63) is 0 Å². The van der Waals surface area contributed by atoms with E-state index >= 15 is 0 Å². The van der Waals surface area contributed by atoms with E-state index in [-0.39, 0.29) is 0 Å². The molecule has 2 N–H and O–H groups in total. The molecular formula is C13H23N5O. The van der Waals surface area contributed by atoms with Gasteiger partial charge >= 0.3 is 6.01 Å². The number of aromatic nitrogens is 3. The Labute approximate surface area is 114 Å². The molecule has 1 fully saturated rings. The summed E-state index contributed by atoms with van der Waals surface area (Å²) in [5.41, 5.74) is 0. The lowest BCUT2D eigenvalue weighted by molar-refractivity contribution is 0.312. The largest absolute Gasteiger partial charge is 0.464 e. The second-order valence-corrected chi connectivity index (χ2v) is 4.76. The van der Waals surface area contributed by atoms with E-state index in [0.717, 1.165) is 19.0 Å². The summed E-state index contributed by atoms with van der Waals surface area (Å²) in [4.78, 5) is 12.8. The van der Waals surface area contributed by atoms with Crippen LogP contribution in [0, 0.1) is 5.92 Å². The fourth-order valence-corrected chi connectivity index (χ4v) is 2.32. The standard InChI is InChI=1S/C13H23N5O/c1-3-14-11-16-12(18-13(17-11)19-4-2)15-9-10-7-5-6-8-10/h10H,3-9H2,1-2H3,(H2,14,15,16,17,18). The van der Waals surface area contributed by atoms with Gasteiger partial charge in [-0.25, -0.2) is 0 Å². The summed E-state index contributed by atoms with van der Waals surface area (Å²) >= 11 is 0. The lowest BCUT2D eigenvalue weighted by atomic mass is 10.1. The van der Waals surface area contributed by atoms with Gasteiger partial charge in [-0.1, -0.05) is 12.8 Å². The van der Waals surface area contributed by atoms with Gasteiger partial charge in [-0.2, -0.15) is 15.0 Å². The quantitative estimate of drug-likeness (QED) is 0.788. The molecule has 1 saturated carbocycles. The molecule has 6 heteroatoms. The Balaban J connectivity index is 1.99. The highest BCUT2D eigenvalue weighted by atomic mass is 16.5. The minimum Gasteiger partial charge on any atom is -0.464 e. The third kappa shape index (κ3) is 4.22. The first-order valence-corrected chi connectivity index (χ1v) is 7.18. The van der Waals surface area contributed by atoms with Crippen molar-refractivity contribution in [1.29, 1.82) is 0 Å². The van der Waals surface area contributed by atoms with E-state index in [1.54, 1.807) is 0 Å². The van der Waals surface area contributed by atoms with Crippen LogP contribution < -0.4 is 15.4 Å². The van der Waals surface area contributed by atoms with Crippen LogP contribution in [0.3, 0.4) is 0 Å². The molecule has 1 heterocycles. The van der Waals surface area contributed by atoms with E-state index in [2.05, 4.69) is 25.6 Å². The minimum absolute atomic E-state index is 0.377. The summed E-state index contributed by atoms with van der Waals surface area (Å²) in [6.45, 7) is 6.19. The van der Waals surface area contributed by atoms with Crippen molar-refractivity contribution in [2.24, 2.45) is 5.92 Å². The highest BCUT2D eigenvalue weighted by molar-refractivity contribution is 5.35. The molecule has 0 unspecified atom stereocenters. The number of nitrogens with one attached hydrogen (secondary N) is 2. The molecule has 1 aromatic heterocycles. The van der Waals surface area contributed by atoms with Crippen LogP contribution in [0.5, 0.6) is 6.01 Å². The van der Waals surface area contributed by atoms with Crippen LogP contribution >= 0.6 is 0 Å². The van der Waals surface area contributed by atoms with Crippen LogP contribution in [0.2, 0.25) is 0 Å². The highest BCUT2D eigenvalue weighted by Crippen LogP contribution is 2.24. The third-order valence-corrected chi connectivity index (χ3v) is 3.25. The van der Waals surface area contributed by atoms with Crippen molar-refractivity contribution < 1.29 is 4.74 Å². The van der Waals surface area contributed by atoms with E-state index < -0.39 is 0 Å². The Kier molecular flexibility index (Phi) is 5.18. The van der Waals surface area contributed by atoms with Gasteiger partial charge in [-0.15, -0.1) is 0 Å². The van der Waals surface area contributed by atoms with Crippen LogP contribution in [0.4, 0.5) is 11.9 Å². The monoisotopic (exact) mass is 265 g/mol. The molecule has 0 aliphatic heterocycles. The number of rotatable bonds is 7. The van der Waals surface area contributed by atoms with E-state index in [4.69, 9.17) is 4.74 Å². The number of nitrogens with zero attached hydrogens (tertiary/aromatic N) is 3. The topological polar surface area (TPSA) is 72.0 Å². The summed E-state index contributed by atoms with van der Waals surface area (Å²) in [6, 6.07) is 0.377. The number of hydrogen-bond acceptors (Lipinski definition) is 6. The van der Waals surface area contributed by atoms with Crippen molar-refractivity contribution >= 4 is 11.9 Å². The fourth-order valence-electron chi connectivity index (χ4n) is 2.32.